The van der Waals surface area contributed by atoms with Crippen LogP contribution in [0.5, 0.6) is 0 Å². The van der Waals surface area contributed by atoms with Gasteiger partial charge in [-0.3, -0.25) is 0 Å². The molecule has 0 spiro atoms. The van der Waals surface area contributed by atoms with E-state index in [1.807, 2.05) is 6.92 Å². The molecule has 0 bridgehead atoms. The van der Waals surface area contributed by atoms with Crippen LogP contribution in [0.25, 0.3) is 0 Å². The first kappa shape index (κ1) is 8.91. The van der Waals surface area contributed by atoms with Gasteiger partial charge in [-0.05, 0) is 19.4 Å². The van der Waals surface area contributed by atoms with Crippen LogP contribution in [0.2, 0.25) is 0 Å². The molecule has 0 radical (unpaired) electrons. The summed E-state index contributed by atoms with van der Waals surface area (Å²) in [7, 11) is 0. The molecule has 1 unspecified atom stereocenters. The van der Waals surface area contributed by atoms with Gasteiger partial charge in [-0.1, -0.05) is 6.92 Å². The minimum Gasteiger partial charge on any atom is -0.316 e. The van der Waals surface area contributed by atoms with Crippen molar-refractivity contribution in [2.75, 3.05) is 13.1 Å². The van der Waals surface area contributed by atoms with Gasteiger partial charge in [0.25, 0.3) is 5.92 Å². The summed E-state index contributed by atoms with van der Waals surface area (Å²) in [4.78, 5) is 0. The molecular formula is C8H15F2N. The fourth-order valence-electron chi connectivity index (χ4n) is 1.57. The molecule has 0 aliphatic carbocycles. The van der Waals surface area contributed by atoms with Crippen LogP contribution in [0.15, 0.2) is 0 Å². The van der Waals surface area contributed by atoms with E-state index in [2.05, 4.69) is 5.32 Å². The number of halogens is 2. The van der Waals surface area contributed by atoms with Gasteiger partial charge < -0.3 is 5.32 Å². The lowest BCUT2D eigenvalue weighted by molar-refractivity contribution is -0.0615. The Bertz CT molecular complexity index is 125. The molecule has 1 aliphatic rings. The molecule has 1 fully saturated rings. The van der Waals surface area contributed by atoms with E-state index in [9.17, 15) is 8.78 Å². The molecule has 1 nitrogen and oxygen atoms in total. The van der Waals surface area contributed by atoms with Crippen LogP contribution < -0.4 is 5.32 Å². The fourth-order valence-corrected chi connectivity index (χ4v) is 1.57. The van der Waals surface area contributed by atoms with Crippen molar-refractivity contribution in [1.82, 2.24) is 5.32 Å². The van der Waals surface area contributed by atoms with E-state index in [4.69, 9.17) is 0 Å². The molecule has 66 valence electrons. The lowest BCUT2D eigenvalue weighted by Gasteiger charge is -2.22. The SMILES string of the molecule is CCC1CCNCCC1(F)F. The van der Waals surface area contributed by atoms with Gasteiger partial charge >= 0.3 is 0 Å². The van der Waals surface area contributed by atoms with E-state index >= 15 is 0 Å². The zero-order valence-electron chi connectivity index (χ0n) is 6.87. The fraction of sp³-hybridized carbons (Fsp3) is 1.00. The lowest BCUT2D eigenvalue weighted by Crippen LogP contribution is -2.27. The highest BCUT2D eigenvalue weighted by Crippen LogP contribution is 2.33. The van der Waals surface area contributed by atoms with E-state index < -0.39 is 11.8 Å². The Balaban J connectivity index is 2.56. The lowest BCUT2D eigenvalue weighted by atomic mass is 9.94. The van der Waals surface area contributed by atoms with Gasteiger partial charge in [-0.15, -0.1) is 0 Å². The third-order valence-corrected chi connectivity index (χ3v) is 2.39. The van der Waals surface area contributed by atoms with Crippen molar-refractivity contribution >= 4 is 0 Å². The number of alkyl halides is 2. The van der Waals surface area contributed by atoms with Gasteiger partial charge in [0.2, 0.25) is 0 Å². The van der Waals surface area contributed by atoms with E-state index in [-0.39, 0.29) is 6.42 Å². The summed E-state index contributed by atoms with van der Waals surface area (Å²) in [6.07, 6.45) is 1.21. The Morgan fingerprint density at radius 1 is 1.45 bits per heavy atom. The second-order valence-corrected chi connectivity index (χ2v) is 3.15. The Kier molecular flexibility index (Phi) is 2.82. The molecule has 0 aromatic rings. The van der Waals surface area contributed by atoms with Crippen LogP contribution in [0, 0.1) is 5.92 Å². The zero-order valence-corrected chi connectivity index (χ0v) is 6.87. The first-order chi connectivity index (χ1) is 5.17. The maximum absolute atomic E-state index is 13.1. The molecule has 3 heteroatoms. The zero-order chi connectivity index (χ0) is 8.32. The minimum absolute atomic E-state index is 0.00546. The van der Waals surface area contributed by atoms with E-state index in [0.717, 1.165) is 6.54 Å². The summed E-state index contributed by atoms with van der Waals surface area (Å²) in [6, 6.07) is 0. The summed E-state index contributed by atoms with van der Waals surface area (Å²) in [6.45, 7) is 3.04. The van der Waals surface area contributed by atoms with Crippen LogP contribution in [0.4, 0.5) is 8.78 Å². The molecule has 1 N–H and O–H groups in total. The minimum atomic E-state index is -2.43. The van der Waals surface area contributed by atoms with E-state index in [1.54, 1.807) is 0 Å². The van der Waals surface area contributed by atoms with Gasteiger partial charge in [-0.25, -0.2) is 8.78 Å². The predicted molar refractivity (Wildman–Crippen MR) is 40.8 cm³/mol. The molecular weight excluding hydrogens is 148 g/mol. The third kappa shape index (κ3) is 2.12. The molecule has 0 aromatic heterocycles. The second kappa shape index (κ2) is 3.48. The van der Waals surface area contributed by atoms with E-state index in [1.165, 1.54) is 0 Å². The summed E-state index contributed by atoms with van der Waals surface area (Å²) in [5.74, 6) is -2.84. The monoisotopic (exact) mass is 163 g/mol. The number of hydrogen-bond acceptors (Lipinski definition) is 1. The Labute approximate surface area is 66.2 Å². The summed E-state index contributed by atoms with van der Waals surface area (Å²) in [5, 5.41) is 2.99. The van der Waals surface area contributed by atoms with Gasteiger partial charge in [0.1, 0.15) is 0 Å². The third-order valence-electron chi connectivity index (χ3n) is 2.39. The first-order valence-electron chi connectivity index (χ1n) is 4.25. The molecule has 0 aromatic carbocycles. The van der Waals surface area contributed by atoms with Crippen molar-refractivity contribution in [1.29, 1.82) is 0 Å². The Hall–Kier alpha value is -0.180. The van der Waals surface area contributed by atoms with Gasteiger partial charge in [0, 0.05) is 18.9 Å². The standard InChI is InChI=1S/C8H15F2N/c1-2-7-3-5-11-6-4-8(7,9)10/h7,11H,2-6H2,1H3. The molecule has 11 heavy (non-hydrogen) atoms. The van der Waals surface area contributed by atoms with Crippen molar-refractivity contribution in [2.24, 2.45) is 5.92 Å². The van der Waals surface area contributed by atoms with Crippen LogP contribution in [0.1, 0.15) is 26.2 Å². The van der Waals surface area contributed by atoms with Crippen molar-refractivity contribution in [3.63, 3.8) is 0 Å². The Morgan fingerprint density at radius 2 is 2.18 bits per heavy atom. The molecule has 1 rings (SSSR count). The number of rotatable bonds is 1. The van der Waals surface area contributed by atoms with Crippen LogP contribution in [-0.2, 0) is 0 Å². The van der Waals surface area contributed by atoms with E-state index in [0.29, 0.717) is 19.4 Å². The second-order valence-electron chi connectivity index (χ2n) is 3.15. The smallest absolute Gasteiger partial charge is 0.252 e. The maximum atomic E-state index is 13.1. The van der Waals surface area contributed by atoms with Crippen molar-refractivity contribution < 1.29 is 8.78 Å². The summed E-state index contributed by atoms with van der Waals surface area (Å²) < 4.78 is 26.2. The van der Waals surface area contributed by atoms with Crippen molar-refractivity contribution in [2.45, 2.75) is 32.1 Å². The quantitative estimate of drug-likeness (QED) is 0.623. The highest BCUT2D eigenvalue weighted by atomic mass is 19.3. The normalized spacial score (nSPS) is 31.4. The number of hydrogen-bond donors (Lipinski definition) is 1. The number of nitrogens with one attached hydrogen (secondary N) is 1. The van der Waals surface area contributed by atoms with Gasteiger partial charge in [0.15, 0.2) is 0 Å². The molecule has 1 heterocycles. The first-order valence-corrected chi connectivity index (χ1v) is 4.25. The van der Waals surface area contributed by atoms with Crippen LogP contribution in [0.3, 0.4) is 0 Å². The average molecular weight is 163 g/mol. The maximum Gasteiger partial charge on any atom is 0.252 e. The van der Waals surface area contributed by atoms with Crippen LogP contribution >= 0.6 is 0 Å². The highest BCUT2D eigenvalue weighted by molar-refractivity contribution is 4.80. The Morgan fingerprint density at radius 3 is 2.82 bits per heavy atom. The van der Waals surface area contributed by atoms with Gasteiger partial charge in [0.05, 0.1) is 0 Å². The molecule has 1 atom stereocenters. The summed E-state index contributed by atoms with van der Waals surface area (Å²) in [5.41, 5.74) is 0. The van der Waals surface area contributed by atoms with Crippen molar-refractivity contribution in [3.05, 3.63) is 0 Å². The molecule has 1 saturated heterocycles. The average Bonchev–Trinajstić information content (AvgIpc) is 2.10. The molecule has 0 saturated carbocycles. The largest absolute Gasteiger partial charge is 0.316 e. The highest BCUT2D eigenvalue weighted by Gasteiger charge is 2.38. The van der Waals surface area contributed by atoms with Crippen molar-refractivity contribution in [3.8, 4) is 0 Å². The van der Waals surface area contributed by atoms with Crippen LogP contribution in [-0.4, -0.2) is 19.0 Å². The summed E-state index contributed by atoms with van der Waals surface area (Å²) >= 11 is 0. The predicted octanol–water partition coefficient (Wildman–Crippen LogP) is 2.03. The topological polar surface area (TPSA) is 12.0 Å². The van der Waals surface area contributed by atoms with Gasteiger partial charge in [-0.2, -0.15) is 0 Å². The molecule has 1 aliphatic heterocycles. The molecule has 0 amide bonds.